The summed E-state index contributed by atoms with van der Waals surface area (Å²) in [5.41, 5.74) is 2.21. The summed E-state index contributed by atoms with van der Waals surface area (Å²) in [5.74, 6) is 0.714. The van der Waals surface area contributed by atoms with Gasteiger partial charge in [-0.1, -0.05) is 17.7 Å². The number of hydrogen-bond donors (Lipinski definition) is 2. The first kappa shape index (κ1) is 16.8. The van der Waals surface area contributed by atoms with Crippen LogP contribution in [0, 0.1) is 6.92 Å². The molecule has 0 spiro atoms. The van der Waals surface area contributed by atoms with Crippen molar-refractivity contribution in [1.82, 2.24) is 0 Å². The Kier molecular flexibility index (Phi) is 4.61. The molecule has 6 nitrogen and oxygen atoms in total. The summed E-state index contributed by atoms with van der Waals surface area (Å²) in [6.45, 7) is 5.34. The van der Waals surface area contributed by atoms with Crippen molar-refractivity contribution in [3.63, 3.8) is 0 Å². The Bertz CT molecular complexity index is 802. The second-order valence-electron chi connectivity index (χ2n) is 6.02. The molecule has 0 bridgehead atoms. The largest absolute Gasteiger partial charge is 0.481 e. The summed E-state index contributed by atoms with van der Waals surface area (Å²) in [6.07, 6.45) is -1.19. The summed E-state index contributed by atoms with van der Waals surface area (Å²) in [7, 11) is 0. The number of fused-ring (bicyclic) bond motifs is 1. The molecular formula is C19H20N2O4. The van der Waals surface area contributed by atoms with Crippen molar-refractivity contribution < 1.29 is 19.1 Å². The summed E-state index contributed by atoms with van der Waals surface area (Å²) < 4.78 is 11.1. The highest BCUT2D eigenvalue weighted by molar-refractivity contribution is 5.99. The molecule has 130 valence electrons. The van der Waals surface area contributed by atoms with E-state index in [0.29, 0.717) is 22.9 Å². The zero-order valence-electron chi connectivity index (χ0n) is 14.3. The van der Waals surface area contributed by atoms with Gasteiger partial charge >= 0.3 is 0 Å². The fourth-order valence-corrected chi connectivity index (χ4v) is 2.40. The molecule has 0 radical (unpaired) electrons. The molecule has 2 amide bonds. The van der Waals surface area contributed by atoms with Crippen LogP contribution in [0.5, 0.6) is 11.5 Å². The first-order chi connectivity index (χ1) is 11.9. The lowest BCUT2D eigenvalue weighted by molar-refractivity contribution is -0.123. The first-order valence-corrected chi connectivity index (χ1v) is 8.08. The fourth-order valence-electron chi connectivity index (χ4n) is 2.40. The lowest BCUT2D eigenvalue weighted by atomic mass is 10.2. The SMILES string of the molecule is Cc1ccc(OC(C)C(=O)Nc2ccc3c(c2)NC(=O)C(C)O3)cc1. The van der Waals surface area contributed by atoms with E-state index < -0.39 is 12.2 Å². The number of rotatable bonds is 4. The minimum absolute atomic E-state index is 0.216. The van der Waals surface area contributed by atoms with Gasteiger partial charge in [-0.2, -0.15) is 0 Å². The molecule has 0 fully saturated rings. The standard InChI is InChI=1S/C19H20N2O4/c1-11-4-7-15(8-5-11)24-12(2)18(22)20-14-6-9-17-16(10-14)21-19(23)13(3)25-17/h4-10,12-13H,1-3H3,(H,20,22)(H,21,23). The Morgan fingerprint density at radius 2 is 1.96 bits per heavy atom. The van der Waals surface area contributed by atoms with Gasteiger partial charge in [0, 0.05) is 5.69 Å². The molecule has 0 saturated carbocycles. The summed E-state index contributed by atoms with van der Waals surface area (Å²) in [5, 5.41) is 5.53. The number of nitrogens with one attached hydrogen (secondary N) is 2. The van der Waals surface area contributed by atoms with Gasteiger partial charge in [-0.05, 0) is 51.1 Å². The average molecular weight is 340 g/mol. The monoisotopic (exact) mass is 340 g/mol. The number of aryl methyl sites for hydroxylation is 1. The van der Waals surface area contributed by atoms with Crippen LogP contribution >= 0.6 is 0 Å². The Hall–Kier alpha value is -3.02. The Morgan fingerprint density at radius 1 is 1.24 bits per heavy atom. The molecule has 0 aliphatic carbocycles. The Balaban J connectivity index is 1.65. The van der Waals surface area contributed by atoms with E-state index in [1.165, 1.54) is 0 Å². The third kappa shape index (κ3) is 3.91. The second kappa shape index (κ2) is 6.84. The topological polar surface area (TPSA) is 76.7 Å². The highest BCUT2D eigenvalue weighted by atomic mass is 16.5. The number of ether oxygens (including phenoxy) is 2. The normalized spacial score (nSPS) is 16.9. The molecule has 0 aromatic heterocycles. The quantitative estimate of drug-likeness (QED) is 0.896. The Labute approximate surface area is 146 Å². The molecule has 2 unspecified atom stereocenters. The number of benzene rings is 2. The van der Waals surface area contributed by atoms with E-state index in [2.05, 4.69) is 10.6 Å². The number of carbonyl (C=O) groups is 2. The second-order valence-corrected chi connectivity index (χ2v) is 6.02. The van der Waals surface area contributed by atoms with Crippen LogP contribution in [0.4, 0.5) is 11.4 Å². The van der Waals surface area contributed by atoms with Crippen LogP contribution in [-0.4, -0.2) is 24.0 Å². The van der Waals surface area contributed by atoms with Crippen LogP contribution in [0.1, 0.15) is 19.4 Å². The highest BCUT2D eigenvalue weighted by Gasteiger charge is 2.24. The van der Waals surface area contributed by atoms with Crippen LogP contribution in [0.3, 0.4) is 0 Å². The minimum Gasteiger partial charge on any atom is -0.481 e. The smallest absolute Gasteiger partial charge is 0.265 e. The van der Waals surface area contributed by atoms with Gasteiger partial charge in [0.15, 0.2) is 12.2 Å². The van der Waals surface area contributed by atoms with Crippen LogP contribution in [0.2, 0.25) is 0 Å². The van der Waals surface area contributed by atoms with Gasteiger partial charge in [0.25, 0.3) is 11.8 Å². The van der Waals surface area contributed by atoms with Crippen LogP contribution < -0.4 is 20.1 Å². The van der Waals surface area contributed by atoms with Gasteiger partial charge in [0.05, 0.1) is 5.69 Å². The number of carbonyl (C=O) groups excluding carboxylic acids is 2. The fraction of sp³-hybridized carbons (Fsp3) is 0.263. The van der Waals surface area contributed by atoms with Gasteiger partial charge in [-0.25, -0.2) is 0 Å². The maximum Gasteiger partial charge on any atom is 0.265 e. The lowest BCUT2D eigenvalue weighted by Crippen LogP contribution is -2.34. The van der Waals surface area contributed by atoms with E-state index in [4.69, 9.17) is 9.47 Å². The van der Waals surface area contributed by atoms with Crippen molar-refractivity contribution in [3.8, 4) is 11.5 Å². The minimum atomic E-state index is -0.662. The van der Waals surface area contributed by atoms with Crippen molar-refractivity contribution in [2.45, 2.75) is 33.0 Å². The molecule has 1 heterocycles. The van der Waals surface area contributed by atoms with Gasteiger partial charge in [0.1, 0.15) is 11.5 Å². The molecule has 6 heteroatoms. The summed E-state index contributed by atoms with van der Waals surface area (Å²) in [6, 6.07) is 12.6. The zero-order chi connectivity index (χ0) is 18.0. The molecule has 0 saturated heterocycles. The third-order valence-corrected chi connectivity index (χ3v) is 3.88. The predicted octanol–water partition coefficient (Wildman–Crippen LogP) is 3.12. The Morgan fingerprint density at radius 3 is 2.68 bits per heavy atom. The van der Waals surface area contributed by atoms with Crippen molar-refractivity contribution in [2.75, 3.05) is 10.6 Å². The molecule has 25 heavy (non-hydrogen) atoms. The highest BCUT2D eigenvalue weighted by Crippen LogP contribution is 2.32. The van der Waals surface area contributed by atoms with Crippen molar-refractivity contribution >= 4 is 23.2 Å². The zero-order valence-corrected chi connectivity index (χ0v) is 14.3. The van der Waals surface area contributed by atoms with E-state index in [-0.39, 0.29) is 11.8 Å². The molecule has 2 aromatic rings. The van der Waals surface area contributed by atoms with Crippen LogP contribution in [-0.2, 0) is 9.59 Å². The number of anilines is 2. The molecule has 1 aliphatic rings. The molecule has 2 N–H and O–H groups in total. The predicted molar refractivity (Wildman–Crippen MR) is 95.1 cm³/mol. The van der Waals surface area contributed by atoms with Gasteiger partial charge in [-0.3, -0.25) is 9.59 Å². The van der Waals surface area contributed by atoms with E-state index in [1.54, 1.807) is 32.0 Å². The molecular weight excluding hydrogens is 320 g/mol. The summed E-state index contributed by atoms with van der Waals surface area (Å²) in [4.78, 5) is 24.0. The van der Waals surface area contributed by atoms with Gasteiger partial charge in [-0.15, -0.1) is 0 Å². The lowest BCUT2D eigenvalue weighted by Gasteiger charge is -2.24. The number of hydrogen-bond acceptors (Lipinski definition) is 4. The average Bonchev–Trinajstić information content (AvgIpc) is 2.58. The maximum absolute atomic E-state index is 12.3. The maximum atomic E-state index is 12.3. The molecule has 3 rings (SSSR count). The van der Waals surface area contributed by atoms with E-state index in [0.717, 1.165) is 5.56 Å². The first-order valence-electron chi connectivity index (χ1n) is 8.08. The van der Waals surface area contributed by atoms with E-state index in [9.17, 15) is 9.59 Å². The molecule has 2 aromatic carbocycles. The molecule has 2 atom stereocenters. The van der Waals surface area contributed by atoms with Crippen molar-refractivity contribution in [3.05, 3.63) is 48.0 Å². The van der Waals surface area contributed by atoms with Gasteiger partial charge in [0.2, 0.25) is 0 Å². The van der Waals surface area contributed by atoms with Crippen LogP contribution in [0.25, 0.3) is 0 Å². The third-order valence-electron chi connectivity index (χ3n) is 3.88. The van der Waals surface area contributed by atoms with Crippen molar-refractivity contribution in [1.29, 1.82) is 0 Å². The van der Waals surface area contributed by atoms with Gasteiger partial charge < -0.3 is 20.1 Å². The molecule has 1 aliphatic heterocycles. The number of amides is 2. The van der Waals surface area contributed by atoms with Crippen molar-refractivity contribution in [2.24, 2.45) is 0 Å². The van der Waals surface area contributed by atoms with E-state index >= 15 is 0 Å². The van der Waals surface area contributed by atoms with Crippen LogP contribution in [0.15, 0.2) is 42.5 Å². The summed E-state index contributed by atoms with van der Waals surface area (Å²) >= 11 is 0. The van der Waals surface area contributed by atoms with E-state index in [1.807, 2.05) is 31.2 Å².